The number of rotatable bonds is 3. The summed E-state index contributed by atoms with van der Waals surface area (Å²) in [5.74, 6) is 0. The number of nitrogens with two attached hydrogens (primary N) is 1. The Morgan fingerprint density at radius 2 is 2.19 bits per heavy atom. The number of nitrogen functional groups attached to an aromatic ring is 1. The van der Waals surface area contributed by atoms with Crippen molar-refractivity contribution in [3.05, 3.63) is 44.0 Å². The summed E-state index contributed by atoms with van der Waals surface area (Å²) in [7, 11) is 0. The molecule has 0 spiro atoms. The van der Waals surface area contributed by atoms with Crippen LogP contribution in [0.15, 0.2) is 34.1 Å². The van der Waals surface area contributed by atoms with Gasteiger partial charge in [0.15, 0.2) is 0 Å². The lowest BCUT2D eigenvalue weighted by Gasteiger charge is -2.09. The van der Waals surface area contributed by atoms with Crippen molar-refractivity contribution in [1.29, 1.82) is 0 Å². The maximum atomic E-state index is 5.93. The summed E-state index contributed by atoms with van der Waals surface area (Å²) >= 11 is 11.1. The molecular formula is C11H10BrClN2S. The Hall–Kier alpha value is -0.710. The quantitative estimate of drug-likeness (QED) is 0.826. The highest BCUT2D eigenvalue weighted by atomic mass is 79.9. The number of hydrogen-bond donors (Lipinski definition) is 2. The van der Waals surface area contributed by atoms with Crippen molar-refractivity contribution in [3.63, 3.8) is 0 Å². The SMILES string of the molecule is Nc1c(Cl)cccc1NCc1sccc1Br. The van der Waals surface area contributed by atoms with Crippen LogP contribution in [0.2, 0.25) is 5.02 Å². The Morgan fingerprint density at radius 1 is 1.38 bits per heavy atom. The van der Waals surface area contributed by atoms with E-state index in [0.717, 1.165) is 16.7 Å². The van der Waals surface area contributed by atoms with E-state index in [1.54, 1.807) is 17.4 Å². The molecule has 16 heavy (non-hydrogen) atoms. The van der Waals surface area contributed by atoms with E-state index in [2.05, 4.69) is 21.2 Å². The first-order valence-corrected chi connectivity index (χ1v) is 6.73. The van der Waals surface area contributed by atoms with Crippen LogP contribution in [-0.2, 0) is 6.54 Å². The smallest absolute Gasteiger partial charge is 0.0739 e. The molecule has 1 aromatic carbocycles. The van der Waals surface area contributed by atoms with Gasteiger partial charge >= 0.3 is 0 Å². The molecule has 84 valence electrons. The number of nitrogens with one attached hydrogen (secondary N) is 1. The fraction of sp³-hybridized carbons (Fsp3) is 0.0909. The second kappa shape index (κ2) is 5.08. The van der Waals surface area contributed by atoms with Gasteiger partial charge in [-0.05, 0) is 39.5 Å². The lowest BCUT2D eigenvalue weighted by Crippen LogP contribution is -2.01. The van der Waals surface area contributed by atoms with E-state index in [4.69, 9.17) is 17.3 Å². The van der Waals surface area contributed by atoms with Crippen molar-refractivity contribution >= 4 is 50.2 Å². The van der Waals surface area contributed by atoms with Gasteiger partial charge in [-0.1, -0.05) is 17.7 Å². The van der Waals surface area contributed by atoms with E-state index in [-0.39, 0.29) is 0 Å². The third-order valence-electron chi connectivity index (χ3n) is 2.18. The summed E-state index contributed by atoms with van der Waals surface area (Å²) in [6.07, 6.45) is 0. The topological polar surface area (TPSA) is 38.0 Å². The van der Waals surface area contributed by atoms with Crippen LogP contribution in [0.25, 0.3) is 0 Å². The fourth-order valence-electron chi connectivity index (χ4n) is 1.32. The Labute approximate surface area is 112 Å². The molecule has 5 heteroatoms. The highest BCUT2D eigenvalue weighted by molar-refractivity contribution is 9.10. The molecule has 2 aromatic rings. The van der Waals surface area contributed by atoms with Gasteiger partial charge in [0.1, 0.15) is 0 Å². The fourth-order valence-corrected chi connectivity index (χ4v) is 2.92. The van der Waals surface area contributed by atoms with Crippen molar-refractivity contribution in [3.8, 4) is 0 Å². The van der Waals surface area contributed by atoms with Gasteiger partial charge in [0.2, 0.25) is 0 Å². The monoisotopic (exact) mass is 316 g/mol. The highest BCUT2D eigenvalue weighted by Crippen LogP contribution is 2.29. The minimum absolute atomic E-state index is 0.579. The van der Waals surface area contributed by atoms with Crippen LogP contribution in [0.1, 0.15) is 4.88 Å². The molecule has 0 aliphatic carbocycles. The maximum absolute atomic E-state index is 5.93. The third kappa shape index (κ3) is 2.51. The molecule has 2 nitrogen and oxygen atoms in total. The van der Waals surface area contributed by atoms with Gasteiger partial charge in [-0.15, -0.1) is 11.3 Å². The predicted octanol–water partition coefficient (Wildman–Crippen LogP) is 4.36. The zero-order chi connectivity index (χ0) is 11.5. The summed E-state index contributed by atoms with van der Waals surface area (Å²) in [6, 6.07) is 7.61. The Kier molecular flexibility index (Phi) is 3.74. The van der Waals surface area contributed by atoms with E-state index in [1.165, 1.54) is 4.88 Å². The third-order valence-corrected chi connectivity index (χ3v) is 4.44. The minimum Gasteiger partial charge on any atom is -0.396 e. The van der Waals surface area contributed by atoms with E-state index >= 15 is 0 Å². The Balaban J connectivity index is 2.11. The second-order valence-electron chi connectivity index (χ2n) is 3.25. The van der Waals surface area contributed by atoms with Crippen molar-refractivity contribution < 1.29 is 0 Å². The molecule has 1 aromatic heterocycles. The number of para-hydroxylation sites is 1. The van der Waals surface area contributed by atoms with Crippen molar-refractivity contribution in [2.24, 2.45) is 0 Å². The molecule has 0 saturated carbocycles. The molecule has 0 aliphatic heterocycles. The van der Waals surface area contributed by atoms with E-state index < -0.39 is 0 Å². The number of benzene rings is 1. The zero-order valence-corrected chi connectivity index (χ0v) is 11.5. The van der Waals surface area contributed by atoms with Gasteiger partial charge in [0.05, 0.1) is 22.9 Å². The van der Waals surface area contributed by atoms with Crippen LogP contribution in [0.4, 0.5) is 11.4 Å². The summed E-state index contributed by atoms with van der Waals surface area (Å²) in [6.45, 7) is 0.739. The average Bonchev–Trinajstić information content (AvgIpc) is 2.67. The summed E-state index contributed by atoms with van der Waals surface area (Å²) < 4.78 is 1.12. The van der Waals surface area contributed by atoms with Crippen LogP contribution >= 0.6 is 38.9 Å². The zero-order valence-electron chi connectivity index (χ0n) is 8.34. The summed E-state index contributed by atoms with van der Waals surface area (Å²) in [5, 5.41) is 5.89. The minimum atomic E-state index is 0.579. The first kappa shape index (κ1) is 11.8. The molecule has 0 unspecified atom stereocenters. The van der Waals surface area contributed by atoms with Gasteiger partial charge < -0.3 is 11.1 Å². The first-order chi connectivity index (χ1) is 7.68. The number of anilines is 2. The van der Waals surface area contributed by atoms with Crippen LogP contribution in [0.3, 0.4) is 0 Å². The van der Waals surface area contributed by atoms with Crippen LogP contribution in [0, 0.1) is 0 Å². The Morgan fingerprint density at radius 3 is 2.88 bits per heavy atom. The van der Waals surface area contributed by atoms with Crippen LogP contribution < -0.4 is 11.1 Å². The first-order valence-electron chi connectivity index (χ1n) is 4.68. The number of hydrogen-bond acceptors (Lipinski definition) is 3. The van der Waals surface area contributed by atoms with E-state index in [1.807, 2.05) is 23.6 Å². The van der Waals surface area contributed by atoms with E-state index in [9.17, 15) is 0 Å². The summed E-state index contributed by atoms with van der Waals surface area (Å²) in [5.41, 5.74) is 7.32. The molecular weight excluding hydrogens is 308 g/mol. The van der Waals surface area contributed by atoms with E-state index in [0.29, 0.717) is 10.7 Å². The predicted molar refractivity (Wildman–Crippen MR) is 75.2 cm³/mol. The maximum Gasteiger partial charge on any atom is 0.0739 e. The normalized spacial score (nSPS) is 10.4. The van der Waals surface area contributed by atoms with Gasteiger partial charge in [-0.3, -0.25) is 0 Å². The number of thiophene rings is 1. The van der Waals surface area contributed by atoms with Crippen LogP contribution in [0.5, 0.6) is 0 Å². The molecule has 0 radical (unpaired) electrons. The van der Waals surface area contributed by atoms with Gasteiger partial charge in [-0.2, -0.15) is 0 Å². The molecule has 2 rings (SSSR count). The molecule has 0 bridgehead atoms. The molecule has 3 N–H and O–H groups in total. The molecule has 0 saturated heterocycles. The second-order valence-corrected chi connectivity index (χ2v) is 5.51. The summed E-state index contributed by atoms with van der Waals surface area (Å²) in [4.78, 5) is 1.24. The largest absolute Gasteiger partial charge is 0.396 e. The lowest BCUT2D eigenvalue weighted by molar-refractivity contribution is 1.18. The average molecular weight is 318 g/mol. The van der Waals surface area contributed by atoms with Crippen molar-refractivity contribution in [2.45, 2.75) is 6.54 Å². The molecule has 0 atom stereocenters. The van der Waals surface area contributed by atoms with Crippen molar-refractivity contribution in [1.82, 2.24) is 0 Å². The number of halogens is 2. The van der Waals surface area contributed by atoms with Crippen molar-refractivity contribution in [2.75, 3.05) is 11.1 Å². The van der Waals surface area contributed by atoms with Gasteiger partial charge in [0, 0.05) is 9.35 Å². The molecule has 0 amide bonds. The standard InChI is InChI=1S/C11H10BrClN2S/c12-7-4-5-16-10(7)6-15-9-3-1-2-8(13)11(9)14/h1-5,15H,6,14H2. The molecule has 1 heterocycles. The Bertz CT molecular complexity index is 498. The van der Waals surface area contributed by atoms with Gasteiger partial charge in [-0.25, -0.2) is 0 Å². The molecule has 0 fully saturated rings. The lowest BCUT2D eigenvalue weighted by atomic mass is 10.2. The molecule has 0 aliphatic rings. The van der Waals surface area contributed by atoms with Gasteiger partial charge in [0.25, 0.3) is 0 Å². The van der Waals surface area contributed by atoms with Crippen LogP contribution in [-0.4, -0.2) is 0 Å². The highest BCUT2D eigenvalue weighted by Gasteiger charge is 2.04.